The summed E-state index contributed by atoms with van der Waals surface area (Å²) < 4.78 is 49.6. The molecule has 30 heavy (non-hydrogen) atoms. The Morgan fingerprint density at radius 1 is 1.13 bits per heavy atom. The number of alkyl halides is 3. The van der Waals surface area contributed by atoms with Crippen molar-refractivity contribution in [3.05, 3.63) is 81.8 Å². The molecule has 2 atom stereocenters. The monoisotopic (exact) mass is 477 g/mol. The number of carbonyl (C=O) groups excluding carboxylic acids is 1. The highest BCUT2D eigenvalue weighted by Crippen LogP contribution is 2.55. The summed E-state index contributed by atoms with van der Waals surface area (Å²) in [6.07, 6.45) is -6.99. The van der Waals surface area contributed by atoms with Crippen LogP contribution in [0.25, 0.3) is 10.8 Å². The first-order valence-corrected chi connectivity index (χ1v) is 10.3. The molecule has 2 N–H and O–H groups in total. The highest BCUT2D eigenvalue weighted by Gasteiger charge is 2.59. The predicted molar refractivity (Wildman–Crippen MR) is 112 cm³/mol. The first-order valence-electron chi connectivity index (χ1n) is 9.51. The van der Waals surface area contributed by atoms with E-state index in [4.69, 9.17) is 10.5 Å². The van der Waals surface area contributed by atoms with Gasteiger partial charge in [0.1, 0.15) is 6.10 Å². The van der Waals surface area contributed by atoms with Gasteiger partial charge >= 0.3 is 12.3 Å². The summed E-state index contributed by atoms with van der Waals surface area (Å²) in [6, 6.07) is 17.5. The van der Waals surface area contributed by atoms with Gasteiger partial charge in [-0.2, -0.15) is 13.2 Å². The van der Waals surface area contributed by atoms with Crippen LogP contribution in [0, 0.1) is 0 Å². The average Bonchev–Trinajstić information content (AvgIpc) is 3.05. The lowest BCUT2D eigenvalue weighted by molar-refractivity contribution is -0.198. The van der Waals surface area contributed by atoms with Crippen LogP contribution in [-0.4, -0.2) is 12.3 Å². The van der Waals surface area contributed by atoms with E-state index in [1.54, 1.807) is 30.3 Å². The minimum atomic E-state index is -4.52. The van der Waals surface area contributed by atoms with E-state index in [9.17, 15) is 18.0 Å². The van der Waals surface area contributed by atoms with Gasteiger partial charge in [-0.3, -0.25) is 0 Å². The summed E-state index contributed by atoms with van der Waals surface area (Å²) in [5.41, 5.74) is 4.54. The van der Waals surface area contributed by atoms with Crippen LogP contribution < -0.4 is 5.73 Å². The molecule has 0 aliphatic heterocycles. The lowest BCUT2D eigenvalue weighted by atomic mass is 9.75. The predicted octanol–water partition coefficient (Wildman–Crippen LogP) is 6.58. The molecule has 156 valence electrons. The van der Waals surface area contributed by atoms with E-state index in [0.29, 0.717) is 17.5 Å². The van der Waals surface area contributed by atoms with Crippen LogP contribution in [0.2, 0.25) is 0 Å². The number of rotatable bonds is 4. The number of carbonyl (C=O) groups is 1. The van der Waals surface area contributed by atoms with Crippen LogP contribution in [0.15, 0.2) is 65.1 Å². The molecule has 0 fully saturated rings. The van der Waals surface area contributed by atoms with Gasteiger partial charge in [0.05, 0.1) is 5.41 Å². The quantitative estimate of drug-likeness (QED) is 0.461. The SMILES string of the molecule is NC(=O)O[C@@H](C[C@]1(C(F)(F)F)CCc2cc(Br)ccc21)c1cccc2ccccc12. The topological polar surface area (TPSA) is 52.3 Å². The maximum absolute atomic E-state index is 14.5. The molecule has 1 aliphatic carbocycles. The van der Waals surface area contributed by atoms with Crippen LogP contribution in [0.1, 0.15) is 35.6 Å². The molecular formula is C23H19BrF3NO2. The molecule has 0 bridgehead atoms. The van der Waals surface area contributed by atoms with Crippen molar-refractivity contribution in [1.82, 2.24) is 0 Å². The van der Waals surface area contributed by atoms with Gasteiger partial charge < -0.3 is 10.5 Å². The van der Waals surface area contributed by atoms with Crippen molar-refractivity contribution in [2.45, 2.75) is 37.0 Å². The van der Waals surface area contributed by atoms with Gasteiger partial charge in [-0.1, -0.05) is 64.5 Å². The van der Waals surface area contributed by atoms with E-state index in [-0.39, 0.29) is 12.0 Å². The minimum absolute atomic E-state index is 0.105. The van der Waals surface area contributed by atoms with E-state index >= 15 is 0 Å². The fraction of sp³-hybridized carbons (Fsp3) is 0.261. The van der Waals surface area contributed by atoms with Crippen LogP contribution >= 0.6 is 15.9 Å². The molecule has 7 heteroatoms. The summed E-state index contributed by atoms with van der Waals surface area (Å²) >= 11 is 3.33. The Morgan fingerprint density at radius 2 is 1.87 bits per heavy atom. The van der Waals surface area contributed by atoms with E-state index in [0.717, 1.165) is 15.2 Å². The van der Waals surface area contributed by atoms with Gasteiger partial charge in [0.25, 0.3) is 0 Å². The number of primary amides is 1. The highest BCUT2D eigenvalue weighted by molar-refractivity contribution is 9.10. The Morgan fingerprint density at radius 3 is 2.60 bits per heavy atom. The zero-order valence-corrected chi connectivity index (χ0v) is 17.5. The number of nitrogens with two attached hydrogens (primary N) is 1. The van der Waals surface area contributed by atoms with Crippen molar-refractivity contribution >= 4 is 32.8 Å². The molecule has 4 rings (SSSR count). The zero-order valence-electron chi connectivity index (χ0n) is 15.9. The van der Waals surface area contributed by atoms with Crippen molar-refractivity contribution in [3.8, 4) is 0 Å². The Balaban J connectivity index is 1.85. The number of amides is 1. The summed E-state index contributed by atoms with van der Waals surface area (Å²) in [6.45, 7) is 0. The van der Waals surface area contributed by atoms with Gasteiger partial charge in [-0.05, 0) is 46.9 Å². The molecule has 1 aliphatic rings. The van der Waals surface area contributed by atoms with Gasteiger partial charge in [0.15, 0.2) is 0 Å². The molecule has 0 saturated heterocycles. The highest BCUT2D eigenvalue weighted by atomic mass is 79.9. The van der Waals surface area contributed by atoms with E-state index in [1.165, 1.54) is 6.07 Å². The molecule has 0 radical (unpaired) electrons. The summed E-state index contributed by atoms with van der Waals surface area (Å²) in [7, 11) is 0. The maximum Gasteiger partial charge on any atom is 0.405 e. The molecule has 3 aromatic rings. The van der Waals surface area contributed by atoms with Gasteiger partial charge in [0, 0.05) is 16.5 Å². The fourth-order valence-corrected chi connectivity index (χ4v) is 4.95. The number of ether oxygens (including phenoxy) is 1. The first-order chi connectivity index (χ1) is 14.2. The number of hydrogen-bond donors (Lipinski definition) is 1. The lowest BCUT2D eigenvalue weighted by Crippen LogP contribution is -2.42. The molecule has 0 heterocycles. The molecule has 0 aromatic heterocycles. The molecular weight excluding hydrogens is 459 g/mol. The average molecular weight is 478 g/mol. The molecule has 0 spiro atoms. The molecule has 1 amide bonds. The van der Waals surface area contributed by atoms with E-state index in [2.05, 4.69) is 15.9 Å². The van der Waals surface area contributed by atoms with Crippen LogP contribution in [0.3, 0.4) is 0 Å². The Hall–Kier alpha value is -2.54. The minimum Gasteiger partial charge on any atom is -0.441 e. The third kappa shape index (κ3) is 3.55. The smallest absolute Gasteiger partial charge is 0.405 e. The van der Waals surface area contributed by atoms with Crippen LogP contribution in [0.5, 0.6) is 0 Å². The molecule has 3 aromatic carbocycles. The lowest BCUT2D eigenvalue weighted by Gasteiger charge is -2.36. The Labute approximate surface area is 180 Å². The summed E-state index contributed by atoms with van der Waals surface area (Å²) in [5.74, 6) is 0. The first kappa shape index (κ1) is 20.7. The number of aryl methyl sites for hydroxylation is 1. The van der Waals surface area contributed by atoms with Crippen molar-refractivity contribution in [3.63, 3.8) is 0 Å². The second-order valence-corrected chi connectivity index (χ2v) is 8.50. The standard InChI is InChI=1S/C23H19BrF3NO2/c24-16-8-9-19-15(12-16)10-11-22(19,23(25,26)27)13-20(30-21(28)29)18-7-3-5-14-4-1-2-6-17(14)18/h1-9,12,20H,10-11,13H2,(H2,28,29)/t20-,22+/m0/s1. The molecule has 3 nitrogen and oxygen atoms in total. The maximum atomic E-state index is 14.5. The second-order valence-electron chi connectivity index (χ2n) is 7.58. The normalized spacial score (nSPS) is 19.5. The number of fused-ring (bicyclic) bond motifs is 2. The van der Waals surface area contributed by atoms with Crippen molar-refractivity contribution in [2.75, 3.05) is 0 Å². The zero-order chi connectivity index (χ0) is 21.5. The molecule has 0 unspecified atom stereocenters. The van der Waals surface area contributed by atoms with E-state index < -0.39 is 30.2 Å². The summed E-state index contributed by atoms with van der Waals surface area (Å²) in [4.78, 5) is 11.6. The Bertz CT molecular complexity index is 1110. The van der Waals surface area contributed by atoms with Crippen LogP contribution in [0.4, 0.5) is 18.0 Å². The van der Waals surface area contributed by atoms with Crippen molar-refractivity contribution < 1.29 is 22.7 Å². The molecule has 0 saturated carbocycles. The van der Waals surface area contributed by atoms with Crippen LogP contribution in [-0.2, 0) is 16.6 Å². The van der Waals surface area contributed by atoms with Gasteiger partial charge in [-0.25, -0.2) is 4.79 Å². The number of benzene rings is 3. The second kappa shape index (κ2) is 7.61. The third-order valence-corrected chi connectivity index (χ3v) is 6.40. The van der Waals surface area contributed by atoms with Gasteiger partial charge in [0.2, 0.25) is 0 Å². The fourth-order valence-electron chi connectivity index (χ4n) is 4.54. The summed E-state index contributed by atoms with van der Waals surface area (Å²) in [5, 5.41) is 1.59. The Kier molecular flexibility index (Phi) is 5.26. The van der Waals surface area contributed by atoms with Gasteiger partial charge in [-0.15, -0.1) is 0 Å². The van der Waals surface area contributed by atoms with E-state index in [1.807, 2.05) is 24.3 Å². The number of hydrogen-bond acceptors (Lipinski definition) is 2. The number of halogens is 4. The third-order valence-electron chi connectivity index (χ3n) is 5.91. The van der Waals surface area contributed by atoms with Crippen molar-refractivity contribution in [1.29, 1.82) is 0 Å². The largest absolute Gasteiger partial charge is 0.441 e. The van der Waals surface area contributed by atoms with Crippen molar-refractivity contribution in [2.24, 2.45) is 5.73 Å².